The molecule has 13 heteroatoms. The molecular weight excluding hydrogens is 861 g/mol. The van der Waals surface area contributed by atoms with E-state index in [-0.39, 0.29) is 61.1 Å². The molecule has 2 amide bonds. The summed E-state index contributed by atoms with van der Waals surface area (Å²) in [6.45, 7) is 5.58. The molecule has 0 saturated heterocycles. The van der Waals surface area contributed by atoms with Crippen molar-refractivity contribution >= 4 is 69.8 Å². The average molecular weight is 962 g/mol. The molecule has 0 rings (SSSR count). The molecular formula is C50H100CaN2O8S2. The molecule has 0 saturated carbocycles. The molecule has 0 N–H and O–H groups in total. The van der Waals surface area contributed by atoms with Crippen molar-refractivity contribution in [3.8, 4) is 0 Å². The smallest absolute Gasteiger partial charge is 0.748 e. The summed E-state index contributed by atoms with van der Waals surface area (Å²) in [5, 5.41) is 0. The Morgan fingerprint density at radius 2 is 0.524 bits per heavy atom. The fraction of sp³-hybridized carbons (Fsp3) is 0.960. The van der Waals surface area contributed by atoms with Crippen LogP contribution in [0.25, 0.3) is 0 Å². The monoisotopic (exact) mass is 961 g/mol. The first-order valence-corrected chi connectivity index (χ1v) is 29.2. The summed E-state index contributed by atoms with van der Waals surface area (Å²) in [7, 11) is -4.77. The standard InChI is InChI=1S/2C25H51NO4S.Ca/c2*1-3-4-5-6-7-8-9-10-11-12-13-14-15-16-17-18-19-22-25(27)26(2)23-20-21-24-31(28,29)30;/h2*3-24H2,1-2H3,(H,28,29,30);/q;;+2/p-2. The first kappa shape index (κ1) is 67.3. The predicted octanol–water partition coefficient (Wildman–Crippen LogP) is 13.2. The zero-order valence-corrected chi connectivity index (χ0v) is 45.6. The van der Waals surface area contributed by atoms with Gasteiger partial charge in [-0.3, -0.25) is 9.59 Å². The van der Waals surface area contributed by atoms with Gasteiger partial charge in [0.15, 0.2) is 0 Å². The third-order valence-corrected chi connectivity index (χ3v) is 13.7. The molecule has 0 aromatic heterocycles. The van der Waals surface area contributed by atoms with Gasteiger partial charge in [-0.25, -0.2) is 16.8 Å². The molecule has 0 aliphatic rings. The molecule has 0 fully saturated rings. The Morgan fingerprint density at radius 3 is 0.714 bits per heavy atom. The van der Waals surface area contributed by atoms with Crippen molar-refractivity contribution in [3.63, 3.8) is 0 Å². The van der Waals surface area contributed by atoms with Crippen molar-refractivity contribution in [1.29, 1.82) is 0 Å². The quantitative estimate of drug-likeness (QED) is 0.0332. The van der Waals surface area contributed by atoms with Gasteiger partial charge in [-0.1, -0.05) is 219 Å². The predicted molar refractivity (Wildman–Crippen MR) is 266 cm³/mol. The maximum Gasteiger partial charge on any atom is 2.00 e. The van der Waals surface area contributed by atoms with Gasteiger partial charge >= 0.3 is 37.7 Å². The van der Waals surface area contributed by atoms with Gasteiger partial charge in [0.25, 0.3) is 0 Å². The van der Waals surface area contributed by atoms with Gasteiger partial charge in [0.05, 0.1) is 20.2 Å². The zero-order valence-electron chi connectivity index (χ0n) is 41.8. The second-order valence-corrected chi connectivity index (χ2v) is 21.4. The number of unbranched alkanes of at least 4 members (excludes halogenated alkanes) is 34. The fourth-order valence-electron chi connectivity index (χ4n) is 7.89. The average Bonchev–Trinajstić information content (AvgIpc) is 3.22. The second kappa shape index (κ2) is 49.9. The first-order valence-electron chi connectivity index (χ1n) is 26.1. The Hall–Kier alpha value is 0.0197. The Balaban J connectivity index is -0.00000112. The van der Waals surface area contributed by atoms with Crippen LogP contribution < -0.4 is 0 Å². The molecule has 0 aromatic carbocycles. The molecule has 0 aliphatic carbocycles. The summed E-state index contributed by atoms with van der Waals surface area (Å²) in [6, 6.07) is 0. The summed E-state index contributed by atoms with van der Waals surface area (Å²) >= 11 is 0. The van der Waals surface area contributed by atoms with Crippen LogP contribution in [-0.4, -0.2) is 124 Å². The SMILES string of the molecule is CCCCCCCCCCCCCCCCCCCC(=O)N(C)CCCCS(=O)(=O)[O-].CCCCCCCCCCCCCCCCCCCC(=O)N(C)CCCCS(=O)(=O)[O-].[Ca+2]. The summed E-state index contributed by atoms with van der Waals surface area (Å²) < 4.78 is 63.3. The van der Waals surface area contributed by atoms with Crippen molar-refractivity contribution in [2.24, 2.45) is 0 Å². The molecule has 0 atom stereocenters. The van der Waals surface area contributed by atoms with Crippen LogP contribution in [0.15, 0.2) is 0 Å². The van der Waals surface area contributed by atoms with E-state index in [4.69, 9.17) is 0 Å². The largest absolute Gasteiger partial charge is 2.00 e. The van der Waals surface area contributed by atoms with E-state index in [2.05, 4.69) is 13.8 Å². The zero-order chi connectivity index (χ0) is 46.4. The summed E-state index contributed by atoms with van der Waals surface area (Å²) in [6.07, 6.45) is 48.1. The third kappa shape index (κ3) is 58.1. The van der Waals surface area contributed by atoms with Crippen molar-refractivity contribution < 1.29 is 35.5 Å². The molecule has 0 spiro atoms. The number of carbonyl (C=O) groups is 2. The molecule has 0 unspecified atom stereocenters. The van der Waals surface area contributed by atoms with Gasteiger partial charge in [0.1, 0.15) is 0 Å². The molecule has 0 aromatic rings. The van der Waals surface area contributed by atoms with E-state index < -0.39 is 20.2 Å². The Labute approximate surface area is 421 Å². The van der Waals surface area contributed by atoms with E-state index in [9.17, 15) is 35.5 Å². The van der Waals surface area contributed by atoms with Crippen LogP contribution in [0.5, 0.6) is 0 Å². The van der Waals surface area contributed by atoms with Crippen molar-refractivity contribution in [2.45, 2.75) is 271 Å². The van der Waals surface area contributed by atoms with Crippen LogP contribution in [0, 0.1) is 0 Å². The third-order valence-electron chi connectivity index (χ3n) is 12.1. The van der Waals surface area contributed by atoms with Crippen LogP contribution in [0.3, 0.4) is 0 Å². The van der Waals surface area contributed by atoms with E-state index in [1.807, 2.05) is 0 Å². The van der Waals surface area contributed by atoms with Crippen LogP contribution in [0.2, 0.25) is 0 Å². The number of hydrogen-bond acceptors (Lipinski definition) is 8. The summed E-state index contributed by atoms with van der Waals surface area (Å²) in [5.41, 5.74) is 0. The van der Waals surface area contributed by atoms with Gasteiger partial charge in [0.2, 0.25) is 11.8 Å². The minimum atomic E-state index is -4.14. The van der Waals surface area contributed by atoms with Crippen LogP contribution in [0.1, 0.15) is 271 Å². The topological polar surface area (TPSA) is 155 Å². The molecule has 0 aliphatic heterocycles. The molecule has 0 heterocycles. The fourth-order valence-corrected chi connectivity index (χ4v) is 9.00. The second-order valence-electron chi connectivity index (χ2n) is 18.4. The first-order chi connectivity index (χ1) is 29.7. The Bertz CT molecular complexity index is 1110. The molecule has 372 valence electrons. The van der Waals surface area contributed by atoms with Crippen LogP contribution >= 0.6 is 0 Å². The number of rotatable bonds is 46. The minimum absolute atomic E-state index is 0. The van der Waals surface area contributed by atoms with Gasteiger partial charge in [-0.05, 0) is 38.5 Å². The minimum Gasteiger partial charge on any atom is -0.748 e. The number of carbonyl (C=O) groups excluding carboxylic acids is 2. The van der Waals surface area contributed by atoms with Crippen LogP contribution in [-0.2, 0) is 29.8 Å². The van der Waals surface area contributed by atoms with Gasteiger partial charge in [0, 0.05) is 51.5 Å². The Kier molecular flexibility index (Phi) is 53.3. The van der Waals surface area contributed by atoms with E-state index in [0.717, 1.165) is 25.7 Å². The van der Waals surface area contributed by atoms with Gasteiger partial charge in [-0.2, -0.15) is 0 Å². The number of nitrogens with zero attached hydrogens (tertiary/aromatic N) is 2. The van der Waals surface area contributed by atoms with E-state index >= 15 is 0 Å². The van der Waals surface area contributed by atoms with Crippen LogP contribution in [0.4, 0.5) is 0 Å². The summed E-state index contributed by atoms with van der Waals surface area (Å²) in [5.74, 6) is -0.445. The van der Waals surface area contributed by atoms with Crippen molar-refractivity contribution in [3.05, 3.63) is 0 Å². The van der Waals surface area contributed by atoms with Gasteiger partial charge in [-0.15, -0.1) is 0 Å². The number of hydrogen-bond donors (Lipinski definition) is 0. The molecule has 0 radical (unpaired) electrons. The normalized spacial score (nSPS) is 11.5. The van der Waals surface area contributed by atoms with E-state index in [1.54, 1.807) is 23.9 Å². The van der Waals surface area contributed by atoms with Gasteiger partial charge < -0.3 is 18.9 Å². The van der Waals surface area contributed by atoms with Crippen molar-refractivity contribution in [1.82, 2.24) is 9.80 Å². The molecule has 0 bridgehead atoms. The number of amides is 2. The Morgan fingerprint density at radius 1 is 0.333 bits per heavy atom. The molecule has 63 heavy (non-hydrogen) atoms. The van der Waals surface area contributed by atoms with Crippen molar-refractivity contribution in [2.75, 3.05) is 38.7 Å². The van der Waals surface area contributed by atoms with E-state index in [0.29, 0.717) is 51.6 Å². The maximum atomic E-state index is 12.0. The maximum absolute atomic E-state index is 12.0. The summed E-state index contributed by atoms with van der Waals surface area (Å²) in [4.78, 5) is 27.4. The molecule has 10 nitrogen and oxygen atoms in total. The van der Waals surface area contributed by atoms with E-state index in [1.165, 1.54) is 193 Å².